The highest BCUT2D eigenvalue weighted by molar-refractivity contribution is 8.04. The Bertz CT molecular complexity index is 517. The summed E-state index contributed by atoms with van der Waals surface area (Å²) in [4.78, 5) is 11.4. The maximum absolute atomic E-state index is 5.13. The Morgan fingerprint density at radius 1 is 1.32 bits per heavy atom. The maximum Gasteiger partial charge on any atom is 0.115 e. The molecule has 2 heterocycles. The number of thioether (sulfide) groups is 1. The van der Waals surface area contributed by atoms with Crippen LogP contribution in [0.15, 0.2) is 20.5 Å². The maximum atomic E-state index is 5.13. The fourth-order valence-corrected chi connectivity index (χ4v) is 5.77. The molecule has 1 saturated carbocycles. The topological polar surface area (TPSA) is 48.8 Å². The summed E-state index contributed by atoms with van der Waals surface area (Å²) in [6.07, 6.45) is 10.7. The summed E-state index contributed by atoms with van der Waals surface area (Å²) in [5.41, 5.74) is 1.64. The molecule has 4 aliphatic rings. The summed E-state index contributed by atoms with van der Waals surface area (Å²) in [5.74, 6) is 1.64. The minimum absolute atomic E-state index is 0.364. The number of aliphatic imine (C=N–C) groups is 2. The Labute approximate surface area is 137 Å². The quantitative estimate of drug-likeness (QED) is 0.841. The van der Waals surface area contributed by atoms with Gasteiger partial charge in [0.05, 0.1) is 18.3 Å². The van der Waals surface area contributed by atoms with Crippen molar-refractivity contribution in [2.45, 2.75) is 69.3 Å². The lowest BCUT2D eigenvalue weighted by Crippen LogP contribution is -2.41. The summed E-state index contributed by atoms with van der Waals surface area (Å²) in [6.45, 7) is 3.28. The highest BCUT2D eigenvalue weighted by Gasteiger charge is 2.42. The average Bonchev–Trinajstić information content (AvgIpc) is 3.10. The fourth-order valence-electron chi connectivity index (χ4n) is 4.28. The lowest BCUT2D eigenvalue weighted by atomic mass is 9.90. The van der Waals surface area contributed by atoms with Gasteiger partial charge in [0.2, 0.25) is 0 Å². The number of amidine groups is 1. The van der Waals surface area contributed by atoms with Crippen molar-refractivity contribution in [2.75, 3.05) is 6.54 Å². The van der Waals surface area contributed by atoms with Crippen molar-refractivity contribution < 1.29 is 0 Å². The molecule has 0 bridgehead atoms. The van der Waals surface area contributed by atoms with Crippen LogP contribution >= 0.6 is 11.8 Å². The molecular formula is C17H26N4S. The molecule has 2 atom stereocenters. The lowest BCUT2D eigenvalue weighted by molar-refractivity contribution is 0.348. The van der Waals surface area contributed by atoms with Crippen LogP contribution in [0.2, 0.25) is 0 Å². The Morgan fingerprint density at radius 2 is 2.18 bits per heavy atom. The third kappa shape index (κ3) is 2.73. The molecule has 0 spiro atoms. The zero-order valence-corrected chi connectivity index (χ0v) is 14.2. The van der Waals surface area contributed by atoms with Crippen molar-refractivity contribution >= 4 is 23.9 Å². The van der Waals surface area contributed by atoms with Gasteiger partial charge in [0.1, 0.15) is 11.2 Å². The van der Waals surface area contributed by atoms with Crippen molar-refractivity contribution in [1.82, 2.24) is 10.6 Å². The van der Waals surface area contributed by atoms with Gasteiger partial charge in [-0.15, -0.1) is 11.8 Å². The highest BCUT2D eigenvalue weighted by Crippen LogP contribution is 2.51. The van der Waals surface area contributed by atoms with E-state index in [4.69, 9.17) is 4.99 Å². The fraction of sp³-hybridized carbons (Fsp3) is 0.765. The normalized spacial score (nSPS) is 39.0. The molecule has 1 fully saturated rings. The summed E-state index contributed by atoms with van der Waals surface area (Å²) < 4.78 is 0. The van der Waals surface area contributed by atoms with Crippen LogP contribution in [-0.4, -0.2) is 36.2 Å². The number of allylic oxidation sites excluding steroid dienone is 1. The van der Waals surface area contributed by atoms with Crippen molar-refractivity contribution in [1.29, 1.82) is 0 Å². The Kier molecular flexibility index (Phi) is 4.27. The van der Waals surface area contributed by atoms with Crippen molar-refractivity contribution in [3.8, 4) is 0 Å². The van der Waals surface area contributed by atoms with E-state index in [9.17, 15) is 0 Å². The number of nitrogens with one attached hydrogen (secondary N) is 2. The molecule has 2 N–H and O–H groups in total. The van der Waals surface area contributed by atoms with E-state index in [1.54, 1.807) is 10.5 Å². The van der Waals surface area contributed by atoms with Crippen molar-refractivity contribution in [3.63, 3.8) is 0 Å². The molecule has 120 valence electrons. The summed E-state index contributed by atoms with van der Waals surface area (Å²) >= 11 is 1.99. The monoisotopic (exact) mass is 318 g/mol. The van der Waals surface area contributed by atoms with Gasteiger partial charge in [-0.1, -0.05) is 6.92 Å². The molecule has 22 heavy (non-hydrogen) atoms. The van der Waals surface area contributed by atoms with E-state index in [0.717, 1.165) is 6.54 Å². The molecule has 4 nitrogen and oxygen atoms in total. The molecule has 0 aromatic rings. The van der Waals surface area contributed by atoms with Crippen LogP contribution in [0.25, 0.3) is 0 Å². The first kappa shape index (κ1) is 14.8. The molecular weight excluding hydrogens is 292 g/mol. The summed E-state index contributed by atoms with van der Waals surface area (Å²) in [5, 5.41) is 7.33. The Morgan fingerprint density at radius 3 is 3.00 bits per heavy atom. The predicted molar refractivity (Wildman–Crippen MR) is 94.5 cm³/mol. The van der Waals surface area contributed by atoms with E-state index in [1.165, 1.54) is 50.8 Å². The number of hydrogen-bond acceptors (Lipinski definition) is 4. The zero-order valence-electron chi connectivity index (χ0n) is 13.3. The molecule has 0 radical (unpaired) electrons. The van der Waals surface area contributed by atoms with Gasteiger partial charge in [0.15, 0.2) is 0 Å². The van der Waals surface area contributed by atoms with Crippen LogP contribution in [0.5, 0.6) is 0 Å². The van der Waals surface area contributed by atoms with Crippen LogP contribution in [0.4, 0.5) is 0 Å². The molecule has 2 aliphatic carbocycles. The van der Waals surface area contributed by atoms with Crippen LogP contribution in [0, 0.1) is 5.92 Å². The van der Waals surface area contributed by atoms with Gasteiger partial charge in [0.25, 0.3) is 0 Å². The molecule has 4 rings (SSSR count). The number of rotatable bonds is 3. The van der Waals surface area contributed by atoms with E-state index in [2.05, 4.69) is 22.5 Å². The summed E-state index contributed by atoms with van der Waals surface area (Å²) in [7, 11) is 0. The second-order valence-corrected chi connectivity index (χ2v) is 8.00. The first-order chi connectivity index (χ1) is 10.8. The Hall–Kier alpha value is -0.810. The van der Waals surface area contributed by atoms with Crippen molar-refractivity contribution in [3.05, 3.63) is 10.5 Å². The zero-order chi connectivity index (χ0) is 14.9. The van der Waals surface area contributed by atoms with Gasteiger partial charge in [-0.3, -0.25) is 9.98 Å². The third-order valence-corrected chi connectivity index (χ3v) is 6.76. The largest absolute Gasteiger partial charge is 0.335 e. The molecule has 0 aromatic carbocycles. The Balaban J connectivity index is 1.47. The number of nitrogens with zero attached hydrogens (tertiary/aromatic N) is 2. The second-order valence-electron chi connectivity index (χ2n) is 6.79. The molecule has 2 aliphatic heterocycles. The molecule has 0 amide bonds. The van der Waals surface area contributed by atoms with E-state index in [1.807, 2.05) is 18.1 Å². The van der Waals surface area contributed by atoms with Crippen LogP contribution in [0.3, 0.4) is 0 Å². The van der Waals surface area contributed by atoms with E-state index in [-0.39, 0.29) is 0 Å². The average molecular weight is 318 g/mol. The molecule has 2 unspecified atom stereocenters. The minimum atomic E-state index is 0.364. The standard InChI is InChI=1S/C17H26N4S/c1-2-18-11-6-8-12(9-7-11)21-16-15-13-4-3-5-14(13)22-17(15)20-10-19-16/h10-12,15,17-18H,2-9H2,1H3,(H,19,20,21). The van der Waals surface area contributed by atoms with Crippen LogP contribution in [-0.2, 0) is 0 Å². The van der Waals surface area contributed by atoms with E-state index in [0.29, 0.717) is 23.4 Å². The van der Waals surface area contributed by atoms with Gasteiger partial charge in [0, 0.05) is 6.04 Å². The van der Waals surface area contributed by atoms with Gasteiger partial charge in [-0.25, -0.2) is 0 Å². The highest BCUT2D eigenvalue weighted by atomic mass is 32.2. The predicted octanol–water partition coefficient (Wildman–Crippen LogP) is 3.06. The van der Waals surface area contributed by atoms with Gasteiger partial charge < -0.3 is 10.6 Å². The van der Waals surface area contributed by atoms with E-state index >= 15 is 0 Å². The molecule has 0 aromatic heterocycles. The van der Waals surface area contributed by atoms with Crippen LogP contribution in [0.1, 0.15) is 51.9 Å². The molecule has 5 heteroatoms. The second kappa shape index (κ2) is 6.36. The smallest absolute Gasteiger partial charge is 0.115 e. The first-order valence-corrected chi connectivity index (χ1v) is 9.71. The lowest BCUT2D eigenvalue weighted by Gasteiger charge is -2.30. The first-order valence-electron chi connectivity index (χ1n) is 8.83. The van der Waals surface area contributed by atoms with Crippen LogP contribution < -0.4 is 10.6 Å². The van der Waals surface area contributed by atoms with Gasteiger partial charge in [-0.05, 0) is 62.0 Å². The SMILES string of the molecule is CCNC1CCC(N=C2NC=NC3SC4=C(CCC4)C23)CC1. The summed E-state index contributed by atoms with van der Waals surface area (Å²) in [6, 6.07) is 1.21. The molecule has 0 saturated heterocycles. The third-order valence-electron chi connectivity index (χ3n) is 5.37. The minimum Gasteiger partial charge on any atom is -0.335 e. The number of hydrogen-bond donors (Lipinski definition) is 2. The van der Waals surface area contributed by atoms with Gasteiger partial charge in [-0.2, -0.15) is 0 Å². The number of fused-ring (bicyclic) bond motifs is 2. The van der Waals surface area contributed by atoms with E-state index < -0.39 is 0 Å². The van der Waals surface area contributed by atoms with Gasteiger partial charge >= 0.3 is 0 Å². The van der Waals surface area contributed by atoms with Crippen molar-refractivity contribution in [2.24, 2.45) is 15.9 Å².